The fourth-order valence-electron chi connectivity index (χ4n) is 3.40. The van der Waals surface area contributed by atoms with Crippen molar-refractivity contribution in [3.8, 4) is 0 Å². The largest absolute Gasteiger partial charge is 0.0840 e. The molecule has 0 saturated heterocycles. The normalized spacial score (nSPS) is 13.6. The van der Waals surface area contributed by atoms with Gasteiger partial charge in [0.25, 0.3) is 0 Å². The molecule has 0 aromatic heterocycles. The van der Waals surface area contributed by atoms with E-state index in [2.05, 4.69) is 91.3 Å². The van der Waals surface area contributed by atoms with E-state index < -0.39 is 16.1 Å². The van der Waals surface area contributed by atoms with E-state index in [0.717, 1.165) is 0 Å². The number of benzene rings is 1. The van der Waals surface area contributed by atoms with Crippen molar-refractivity contribution in [2.75, 3.05) is 0 Å². The second kappa shape index (κ2) is 9.06. The highest BCUT2D eigenvalue weighted by molar-refractivity contribution is 6.92. The van der Waals surface area contributed by atoms with Crippen molar-refractivity contribution in [1.82, 2.24) is 0 Å². The maximum Gasteiger partial charge on any atom is 0.0783 e. The highest BCUT2D eigenvalue weighted by atomic mass is 28.3. The van der Waals surface area contributed by atoms with Gasteiger partial charge in [0.15, 0.2) is 0 Å². The number of allylic oxidation sites excluding steroid dienone is 1. The molecule has 0 nitrogen and oxygen atoms in total. The second-order valence-corrected chi connectivity index (χ2v) is 21.1. The molecule has 0 atom stereocenters. The summed E-state index contributed by atoms with van der Waals surface area (Å²) >= 11 is 0. The second-order valence-electron chi connectivity index (χ2n) is 11.0. The van der Waals surface area contributed by atoms with Crippen LogP contribution in [0, 0.1) is 0 Å². The summed E-state index contributed by atoms with van der Waals surface area (Å²) in [5.41, 5.74) is 3.31. The molecule has 0 aliphatic carbocycles. The number of hydrogen-bond acceptors (Lipinski definition) is 0. The van der Waals surface area contributed by atoms with Crippen LogP contribution in [-0.4, -0.2) is 16.1 Å². The SMILES string of the molecule is CCCCCC/C=C/c1c([Si](C)(C)C)cc(C(C)(C)C)cc1[Si](C)(C)C. The zero-order valence-corrected chi connectivity index (χ0v) is 21.3. The quantitative estimate of drug-likeness (QED) is 0.330. The lowest BCUT2D eigenvalue weighted by atomic mass is 9.86. The van der Waals surface area contributed by atoms with Crippen LogP contribution in [0.4, 0.5) is 0 Å². The van der Waals surface area contributed by atoms with Crippen molar-refractivity contribution in [1.29, 1.82) is 0 Å². The molecule has 148 valence electrons. The molecule has 0 amide bonds. The van der Waals surface area contributed by atoms with Gasteiger partial charge in [0.05, 0.1) is 16.1 Å². The average molecular weight is 389 g/mol. The topological polar surface area (TPSA) is 0 Å². The van der Waals surface area contributed by atoms with Crippen LogP contribution < -0.4 is 10.4 Å². The lowest BCUT2D eigenvalue weighted by molar-refractivity contribution is 0.591. The van der Waals surface area contributed by atoms with E-state index in [-0.39, 0.29) is 5.41 Å². The van der Waals surface area contributed by atoms with Crippen LogP contribution in [0.2, 0.25) is 39.3 Å². The molecule has 0 aliphatic rings. The molecular formula is C24H44Si2. The Morgan fingerprint density at radius 3 is 1.69 bits per heavy atom. The third-order valence-electron chi connectivity index (χ3n) is 5.17. The Balaban J connectivity index is 3.42. The lowest BCUT2D eigenvalue weighted by Crippen LogP contribution is -2.49. The summed E-state index contributed by atoms with van der Waals surface area (Å²) in [6, 6.07) is 5.10. The zero-order chi connectivity index (χ0) is 20.2. The van der Waals surface area contributed by atoms with Gasteiger partial charge < -0.3 is 0 Å². The highest BCUT2D eigenvalue weighted by Gasteiger charge is 2.29. The predicted molar refractivity (Wildman–Crippen MR) is 129 cm³/mol. The van der Waals surface area contributed by atoms with Crippen molar-refractivity contribution in [2.45, 2.75) is 104 Å². The summed E-state index contributed by atoms with van der Waals surface area (Å²) in [6.07, 6.45) is 11.5. The molecule has 2 heteroatoms. The molecule has 1 aromatic carbocycles. The van der Waals surface area contributed by atoms with Crippen LogP contribution in [0.1, 0.15) is 70.9 Å². The van der Waals surface area contributed by atoms with Gasteiger partial charge in [-0.25, -0.2) is 0 Å². The van der Waals surface area contributed by atoms with Crippen LogP contribution in [0.3, 0.4) is 0 Å². The lowest BCUT2D eigenvalue weighted by Gasteiger charge is -2.31. The van der Waals surface area contributed by atoms with E-state index >= 15 is 0 Å². The van der Waals surface area contributed by atoms with Crippen molar-refractivity contribution in [3.05, 3.63) is 29.3 Å². The minimum atomic E-state index is -1.41. The van der Waals surface area contributed by atoms with E-state index in [4.69, 9.17) is 0 Å². The van der Waals surface area contributed by atoms with Crippen LogP contribution in [-0.2, 0) is 5.41 Å². The van der Waals surface area contributed by atoms with E-state index in [1.54, 1.807) is 15.9 Å². The summed E-state index contributed by atoms with van der Waals surface area (Å²) in [5, 5.41) is 3.32. The minimum Gasteiger partial charge on any atom is -0.0840 e. The highest BCUT2D eigenvalue weighted by Crippen LogP contribution is 2.24. The molecule has 0 heterocycles. The van der Waals surface area contributed by atoms with Crippen LogP contribution in [0.15, 0.2) is 18.2 Å². The van der Waals surface area contributed by atoms with Crippen LogP contribution >= 0.6 is 0 Å². The van der Waals surface area contributed by atoms with Gasteiger partial charge in [-0.1, -0.05) is 121 Å². The fraction of sp³-hybridized carbons (Fsp3) is 0.667. The summed E-state index contributed by atoms with van der Waals surface area (Å²) in [4.78, 5) is 0. The van der Waals surface area contributed by atoms with Gasteiger partial charge >= 0.3 is 0 Å². The van der Waals surface area contributed by atoms with Crippen molar-refractivity contribution < 1.29 is 0 Å². The Morgan fingerprint density at radius 1 is 0.808 bits per heavy atom. The molecule has 0 N–H and O–H groups in total. The Morgan fingerprint density at radius 2 is 1.31 bits per heavy atom. The van der Waals surface area contributed by atoms with Gasteiger partial charge in [-0.2, -0.15) is 0 Å². The molecule has 0 fully saturated rings. The summed E-state index contributed by atoms with van der Waals surface area (Å²) in [6.45, 7) is 24.4. The van der Waals surface area contributed by atoms with Crippen LogP contribution in [0.25, 0.3) is 6.08 Å². The van der Waals surface area contributed by atoms with E-state index in [9.17, 15) is 0 Å². The average Bonchev–Trinajstić information content (AvgIpc) is 2.47. The molecule has 0 radical (unpaired) electrons. The molecule has 0 bridgehead atoms. The molecule has 26 heavy (non-hydrogen) atoms. The van der Waals surface area contributed by atoms with Gasteiger partial charge in [-0.15, -0.1) is 0 Å². The first-order valence-corrected chi connectivity index (χ1v) is 17.6. The summed E-state index contributed by atoms with van der Waals surface area (Å²) < 4.78 is 0. The zero-order valence-electron chi connectivity index (χ0n) is 19.3. The standard InChI is InChI=1S/C24H44Si2/c1-11-12-13-14-15-16-17-21-22(25(5,6)7)18-20(24(2,3)4)19-23(21)26(8,9)10/h16-19H,11-15H2,1-10H3/b17-16+. The molecule has 0 unspecified atom stereocenters. The van der Waals surface area contributed by atoms with Gasteiger partial charge in [-0.3, -0.25) is 0 Å². The molecular weight excluding hydrogens is 344 g/mol. The number of hydrogen-bond donors (Lipinski definition) is 0. The molecule has 0 spiro atoms. The van der Waals surface area contributed by atoms with Gasteiger partial charge in [-0.05, 0) is 29.4 Å². The smallest absolute Gasteiger partial charge is 0.0783 e. The predicted octanol–water partition coefficient (Wildman–Crippen LogP) is 7.06. The number of unbranched alkanes of at least 4 members (excludes halogenated alkanes) is 4. The fourth-order valence-corrected chi connectivity index (χ4v) is 6.75. The Labute approximate surface area is 166 Å². The Hall–Kier alpha value is -0.606. The first-order chi connectivity index (χ1) is 11.8. The van der Waals surface area contributed by atoms with Gasteiger partial charge in [0.2, 0.25) is 0 Å². The Kier molecular flexibility index (Phi) is 8.16. The van der Waals surface area contributed by atoms with Crippen molar-refractivity contribution in [3.63, 3.8) is 0 Å². The third kappa shape index (κ3) is 6.85. The van der Waals surface area contributed by atoms with E-state index in [1.807, 2.05) is 0 Å². The monoisotopic (exact) mass is 388 g/mol. The van der Waals surface area contributed by atoms with Crippen molar-refractivity contribution in [2.24, 2.45) is 0 Å². The van der Waals surface area contributed by atoms with E-state index in [0.29, 0.717) is 0 Å². The molecule has 1 aromatic rings. The molecule has 0 saturated carbocycles. The third-order valence-corrected chi connectivity index (χ3v) is 9.23. The van der Waals surface area contributed by atoms with E-state index in [1.165, 1.54) is 37.7 Å². The number of rotatable bonds is 8. The van der Waals surface area contributed by atoms with Gasteiger partial charge in [0.1, 0.15) is 0 Å². The summed E-state index contributed by atoms with van der Waals surface area (Å²) in [7, 11) is -2.82. The Bertz CT molecular complexity index is 570. The maximum absolute atomic E-state index is 2.55. The summed E-state index contributed by atoms with van der Waals surface area (Å²) in [5.74, 6) is 0. The first kappa shape index (κ1) is 23.4. The molecule has 1 rings (SSSR count). The first-order valence-electron chi connectivity index (χ1n) is 10.6. The van der Waals surface area contributed by atoms with Crippen LogP contribution in [0.5, 0.6) is 0 Å². The van der Waals surface area contributed by atoms with Gasteiger partial charge in [0, 0.05) is 0 Å². The molecule has 0 aliphatic heterocycles. The minimum absolute atomic E-state index is 0.213. The maximum atomic E-state index is 2.55. The van der Waals surface area contributed by atoms with Crippen molar-refractivity contribution >= 4 is 32.6 Å².